The van der Waals surface area contributed by atoms with Crippen LogP contribution >= 0.6 is 0 Å². The zero-order chi connectivity index (χ0) is 14.0. The fourth-order valence-corrected chi connectivity index (χ4v) is 1.45. The normalized spacial score (nSPS) is 11.4. The van der Waals surface area contributed by atoms with Crippen molar-refractivity contribution < 1.29 is 17.6 Å². The number of alkyl halides is 3. The maximum absolute atomic E-state index is 13.0. The highest BCUT2D eigenvalue weighted by Crippen LogP contribution is 2.33. The first-order chi connectivity index (χ1) is 8.91. The number of hydrogen-bond acceptors (Lipinski definition) is 4. The van der Waals surface area contributed by atoms with E-state index in [4.69, 9.17) is 0 Å². The molecule has 0 saturated carbocycles. The number of hydrogen-bond donors (Lipinski definition) is 1. The van der Waals surface area contributed by atoms with Gasteiger partial charge in [0.1, 0.15) is 5.82 Å². The van der Waals surface area contributed by atoms with E-state index in [-0.39, 0.29) is 17.1 Å². The summed E-state index contributed by atoms with van der Waals surface area (Å²) in [6.45, 7) is 0. The van der Waals surface area contributed by atoms with Gasteiger partial charge in [0, 0.05) is 18.8 Å². The maximum Gasteiger partial charge on any atom is 0.435 e. The van der Waals surface area contributed by atoms with Crippen LogP contribution in [0.5, 0.6) is 0 Å². The van der Waals surface area contributed by atoms with Crippen LogP contribution in [-0.4, -0.2) is 22.0 Å². The molecule has 0 atom stereocenters. The number of anilines is 1. The minimum absolute atomic E-state index is 0.0770. The largest absolute Gasteiger partial charge is 0.435 e. The monoisotopic (exact) mass is 272 g/mol. The van der Waals surface area contributed by atoms with Crippen LogP contribution < -0.4 is 5.32 Å². The fraction of sp³-hybridized carbons (Fsp3) is 0.182. The van der Waals surface area contributed by atoms with Gasteiger partial charge in [-0.1, -0.05) is 0 Å². The van der Waals surface area contributed by atoms with Gasteiger partial charge in [-0.3, -0.25) is 4.98 Å². The average molecular weight is 272 g/mol. The van der Waals surface area contributed by atoms with Crippen LogP contribution in [0, 0.1) is 5.82 Å². The van der Waals surface area contributed by atoms with Gasteiger partial charge >= 0.3 is 6.18 Å². The number of rotatable bonds is 2. The molecule has 0 fully saturated rings. The molecule has 2 heterocycles. The number of halogens is 4. The Balaban J connectivity index is 2.55. The van der Waals surface area contributed by atoms with Crippen LogP contribution in [0.4, 0.5) is 23.2 Å². The summed E-state index contributed by atoms with van der Waals surface area (Å²) in [5.41, 5.74) is -1.28. The van der Waals surface area contributed by atoms with E-state index >= 15 is 0 Å². The number of pyridine rings is 1. The van der Waals surface area contributed by atoms with Crippen molar-refractivity contribution in [1.82, 2.24) is 15.0 Å². The average Bonchev–Trinajstić information content (AvgIpc) is 2.37. The van der Waals surface area contributed by atoms with E-state index in [1.807, 2.05) is 0 Å². The third-order valence-corrected chi connectivity index (χ3v) is 2.29. The first kappa shape index (κ1) is 13.2. The van der Waals surface area contributed by atoms with Crippen molar-refractivity contribution in [2.75, 3.05) is 12.4 Å². The highest BCUT2D eigenvalue weighted by molar-refractivity contribution is 5.57. The molecule has 1 N–H and O–H groups in total. The lowest BCUT2D eigenvalue weighted by atomic mass is 10.2. The molecule has 0 saturated heterocycles. The van der Waals surface area contributed by atoms with Gasteiger partial charge in [0.05, 0.1) is 18.1 Å². The molecule has 0 aromatic carbocycles. The fourth-order valence-electron chi connectivity index (χ4n) is 1.45. The molecule has 0 aliphatic carbocycles. The predicted octanol–water partition coefficient (Wildman–Crippen LogP) is 2.74. The summed E-state index contributed by atoms with van der Waals surface area (Å²) in [4.78, 5) is 10.7. The number of aromatic nitrogens is 3. The predicted molar refractivity (Wildman–Crippen MR) is 59.8 cm³/mol. The number of nitrogens with zero attached hydrogens (tertiary/aromatic N) is 3. The SMILES string of the molecule is CNc1cnc(-c2cncc(F)c2)nc1C(F)(F)F. The minimum atomic E-state index is -4.63. The summed E-state index contributed by atoms with van der Waals surface area (Å²) in [6, 6.07) is 1.02. The van der Waals surface area contributed by atoms with E-state index in [9.17, 15) is 17.6 Å². The summed E-state index contributed by atoms with van der Waals surface area (Å²) < 4.78 is 51.4. The zero-order valence-electron chi connectivity index (χ0n) is 9.66. The highest BCUT2D eigenvalue weighted by Gasteiger charge is 2.36. The highest BCUT2D eigenvalue weighted by atomic mass is 19.4. The van der Waals surface area contributed by atoms with Gasteiger partial charge in [0.15, 0.2) is 11.5 Å². The van der Waals surface area contributed by atoms with E-state index in [2.05, 4.69) is 20.3 Å². The van der Waals surface area contributed by atoms with Gasteiger partial charge in [0.25, 0.3) is 0 Å². The lowest BCUT2D eigenvalue weighted by molar-refractivity contribution is -0.140. The molecule has 2 aromatic rings. The van der Waals surface area contributed by atoms with Crippen molar-refractivity contribution >= 4 is 5.69 Å². The molecule has 4 nitrogen and oxygen atoms in total. The van der Waals surface area contributed by atoms with Crippen molar-refractivity contribution in [1.29, 1.82) is 0 Å². The van der Waals surface area contributed by atoms with Crippen molar-refractivity contribution in [3.05, 3.63) is 36.2 Å². The summed E-state index contributed by atoms with van der Waals surface area (Å²) in [5.74, 6) is -0.911. The molecule has 0 radical (unpaired) electrons. The van der Waals surface area contributed by atoms with E-state index in [1.54, 1.807) is 0 Å². The lowest BCUT2D eigenvalue weighted by Gasteiger charge is -2.12. The van der Waals surface area contributed by atoms with Crippen LogP contribution in [0.1, 0.15) is 5.69 Å². The first-order valence-corrected chi connectivity index (χ1v) is 5.14. The van der Waals surface area contributed by atoms with Gasteiger partial charge in [-0.25, -0.2) is 14.4 Å². The Morgan fingerprint density at radius 1 is 1.16 bits per heavy atom. The molecule has 8 heteroatoms. The smallest absolute Gasteiger partial charge is 0.385 e. The molecular formula is C11H8F4N4. The quantitative estimate of drug-likeness (QED) is 0.854. The summed E-state index contributed by atoms with van der Waals surface area (Å²) in [5, 5.41) is 2.36. The van der Waals surface area contributed by atoms with Crippen LogP contribution in [0.15, 0.2) is 24.7 Å². The molecular weight excluding hydrogens is 264 g/mol. The summed E-state index contributed by atoms with van der Waals surface area (Å²) in [6.07, 6.45) is -1.50. The molecule has 0 unspecified atom stereocenters. The van der Waals surface area contributed by atoms with Crippen molar-refractivity contribution in [2.45, 2.75) is 6.18 Å². The van der Waals surface area contributed by atoms with Crippen molar-refractivity contribution in [3.8, 4) is 11.4 Å². The third-order valence-electron chi connectivity index (χ3n) is 2.29. The lowest BCUT2D eigenvalue weighted by Crippen LogP contribution is -2.13. The van der Waals surface area contributed by atoms with Crippen molar-refractivity contribution in [2.24, 2.45) is 0 Å². The Bertz CT molecular complexity index is 597. The van der Waals surface area contributed by atoms with Gasteiger partial charge in [-0.15, -0.1) is 0 Å². The Hall–Kier alpha value is -2.25. The van der Waals surface area contributed by atoms with E-state index in [1.165, 1.54) is 13.2 Å². The molecule has 0 spiro atoms. The second-order valence-corrected chi connectivity index (χ2v) is 3.60. The van der Waals surface area contributed by atoms with Gasteiger partial charge in [-0.2, -0.15) is 13.2 Å². The van der Waals surface area contributed by atoms with Crippen LogP contribution in [0.2, 0.25) is 0 Å². The first-order valence-electron chi connectivity index (χ1n) is 5.14. The maximum atomic E-state index is 13.0. The Kier molecular flexibility index (Phi) is 3.32. The van der Waals surface area contributed by atoms with Crippen molar-refractivity contribution in [3.63, 3.8) is 0 Å². The molecule has 0 aliphatic rings. The molecule has 0 amide bonds. The second kappa shape index (κ2) is 4.79. The van der Waals surface area contributed by atoms with Gasteiger partial charge < -0.3 is 5.32 Å². The van der Waals surface area contributed by atoms with Crippen LogP contribution in [-0.2, 0) is 6.18 Å². The Morgan fingerprint density at radius 3 is 2.47 bits per heavy atom. The topological polar surface area (TPSA) is 50.7 Å². The minimum Gasteiger partial charge on any atom is -0.385 e. The van der Waals surface area contributed by atoms with Crippen LogP contribution in [0.3, 0.4) is 0 Å². The summed E-state index contributed by atoms with van der Waals surface area (Å²) >= 11 is 0. The van der Waals surface area contributed by atoms with E-state index in [0.29, 0.717) is 0 Å². The van der Waals surface area contributed by atoms with E-state index in [0.717, 1.165) is 18.5 Å². The Labute approximate surface area is 105 Å². The number of nitrogens with one attached hydrogen (secondary N) is 1. The van der Waals surface area contributed by atoms with E-state index < -0.39 is 17.7 Å². The summed E-state index contributed by atoms with van der Waals surface area (Å²) in [7, 11) is 1.33. The van der Waals surface area contributed by atoms with Gasteiger partial charge in [-0.05, 0) is 6.07 Å². The standard InChI is InChI=1S/C11H8F4N4/c1-16-8-5-18-10(19-9(8)11(13,14)15)6-2-7(12)4-17-3-6/h2-5,16H,1H3. The Morgan fingerprint density at radius 2 is 1.89 bits per heavy atom. The molecule has 2 aromatic heterocycles. The molecule has 0 bridgehead atoms. The third kappa shape index (κ3) is 2.78. The van der Waals surface area contributed by atoms with Gasteiger partial charge in [0.2, 0.25) is 0 Å². The molecule has 2 rings (SSSR count). The molecule has 100 valence electrons. The zero-order valence-corrected chi connectivity index (χ0v) is 9.66. The second-order valence-electron chi connectivity index (χ2n) is 3.60. The molecule has 0 aliphatic heterocycles. The molecule has 19 heavy (non-hydrogen) atoms. The van der Waals surface area contributed by atoms with Crippen LogP contribution in [0.25, 0.3) is 11.4 Å².